The Balaban J connectivity index is 2.16. The van der Waals surface area contributed by atoms with Crippen molar-refractivity contribution in [2.75, 3.05) is 6.54 Å². The molecule has 0 unspecified atom stereocenters. The quantitative estimate of drug-likeness (QED) is 0.753. The van der Waals surface area contributed by atoms with Crippen molar-refractivity contribution in [3.8, 4) is 0 Å². The summed E-state index contributed by atoms with van der Waals surface area (Å²) in [5.74, 6) is -0.276. The maximum Gasteiger partial charge on any atom is 0.159 e. The predicted octanol–water partition coefficient (Wildman–Crippen LogP) is 1.24. The average Bonchev–Trinajstić information content (AvgIpc) is 2.31. The molecule has 1 saturated heterocycles. The minimum atomic E-state index is -1.32. The van der Waals surface area contributed by atoms with Gasteiger partial charge in [-0.25, -0.2) is 5.32 Å². The first-order chi connectivity index (χ1) is 7.79. The van der Waals surface area contributed by atoms with E-state index in [1.807, 2.05) is 30.3 Å². The highest BCUT2D eigenvalue weighted by Crippen LogP contribution is 2.28. The Morgan fingerprint density at radius 2 is 1.88 bits per heavy atom. The fourth-order valence-electron chi connectivity index (χ4n) is 2.38. The highest BCUT2D eigenvalue weighted by molar-refractivity contribution is 5.22. The molecule has 1 aliphatic heterocycles. The summed E-state index contributed by atoms with van der Waals surface area (Å²) in [5.41, 5.74) is 0.966. The van der Waals surface area contributed by atoms with Gasteiger partial charge in [-0.1, -0.05) is 36.8 Å². The van der Waals surface area contributed by atoms with Gasteiger partial charge in [0.15, 0.2) is 6.29 Å². The third kappa shape index (κ3) is 2.61. The molecular weight excluding hydrogens is 202 g/mol. The largest absolute Gasteiger partial charge is 0.368 e. The maximum absolute atomic E-state index is 9.51. The Morgan fingerprint density at radius 3 is 2.44 bits per heavy atom. The molecule has 1 radical (unpaired) electrons. The molecule has 16 heavy (non-hydrogen) atoms. The van der Waals surface area contributed by atoms with Crippen LogP contribution < -0.4 is 5.32 Å². The van der Waals surface area contributed by atoms with Crippen molar-refractivity contribution in [2.45, 2.75) is 37.5 Å². The summed E-state index contributed by atoms with van der Waals surface area (Å²) in [7, 11) is 0. The molecule has 1 aromatic carbocycles. The standard InChI is InChI=1S/C13H18NO2/c15-13(16)12(10-6-2-1-3-7-10)11-8-4-5-9-14-11/h1-3,6-7,11-13,15-16H,4-5,8-9H2/t11-,12+/m0/s1. The third-order valence-corrected chi connectivity index (χ3v) is 3.19. The van der Waals surface area contributed by atoms with Crippen molar-refractivity contribution in [3.63, 3.8) is 0 Å². The molecule has 0 saturated carbocycles. The summed E-state index contributed by atoms with van der Waals surface area (Å²) < 4.78 is 0. The maximum atomic E-state index is 9.51. The number of aliphatic hydroxyl groups is 2. The van der Waals surface area contributed by atoms with Gasteiger partial charge in [-0.05, 0) is 18.4 Å². The number of hydrogen-bond donors (Lipinski definition) is 2. The molecule has 2 rings (SSSR count). The first kappa shape index (κ1) is 11.6. The molecule has 1 aliphatic rings. The van der Waals surface area contributed by atoms with Crippen LogP contribution in [0.2, 0.25) is 0 Å². The van der Waals surface area contributed by atoms with E-state index in [-0.39, 0.29) is 12.0 Å². The molecule has 3 nitrogen and oxygen atoms in total. The number of aliphatic hydroxyl groups excluding tert-OH is 1. The van der Waals surface area contributed by atoms with E-state index in [0.717, 1.165) is 31.4 Å². The highest BCUT2D eigenvalue weighted by atomic mass is 16.5. The van der Waals surface area contributed by atoms with Gasteiger partial charge >= 0.3 is 0 Å². The van der Waals surface area contributed by atoms with Crippen molar-refractivity contribution in [1.82, 2.24) is 5.32 Å². The van der Waals surface area contributed by atoms with Crippen LogP contribution in [0.1, 0.15) is 30.7 Å². The topological polar surface area (TPSA) is 54.6 Å². The molecule has 0 spiro atoms. The van der Waals surface area contributed by atoms with Crippen LogP contribution in [0, 0.1) is 0 Å². The number of nitrogens with zero attached hydrogens (tertiary/aromatic N) is 1. The Kier molecular flexibility index (Phi) is 3.93. The smallest absolute Gasteiger partial charge is 0.159 e. The molecule has 0 aromatic heterocycles. The van der Waals surface area contributed by atoms with Crippen LogP contribution in [-0.4, -0.2) is 29.1 Å². The fourth-order valence-corrected chi connectivity index (χ4v) is 2.38. The highest BCUT2D eigenvalue weighted by Gasteiger charge is 2.30. The minimum absolute atomic E-state index is 0.0520. The Bertz CT molecular complexity index is 307. The number of benzene rings is 1. The number of piperidine rings is 1. The van der Waals surface area contributed by atoms with Crippen molar-refractivity contribution in [2.24, 2.45) is 0 Å². The zero-order valence-electron chi connectivity index (χ0n) is 9.29. The van der Waals surface area contributed by atoms with Crippen LogP contribution in [0.3, 0.4) is 0 Å². The molecule has 2 atom stereocenters. The molecule has 2 N–H and O–H groups in total. The summed E-state index contributed by atoms with van der Waals surface area (Å²) in [6.07, 6.45) is 1.88. The lowest BCUT2D eigenvalue weighted by atomic mass is 9.86. The summed E-state index contributed by atoms with van der Waals surface area (Å²) in [6.45, 7) is 0.848. The first-order valence-electron chi connectivity index (χ1n) is 5.87. The summed E-state index contributed by atoms with van der Waals surface area (Å²) in [6, 6.07) is 9.71. The van der Waals surface area contributed by atoms with Crippen LogP contribution in [-0.2, 0) is 0 Å². The lowest BCUT2D eigenvalue weighted by Crippen LogP contribution is -2.39. The van der Waals surface area contributed by atoms with Crippen molar-refractivity contribution >= 4 is 0 Å². The lowest BCUT2D eigenvalue weighted by molar-refractivity contribution is -0.0703. The van der Waals surface area contributed by atoms with Gasteiger partial charge in [0.2, 0.25) is 0 Å². The molecule has 3 heteroatoms. The zero-order valence-corrected chi connectivity index (χ0v) is 9.29. The van der Waals surface area contributed by atoms with Crippen LogP contribution >= 0.6 is 0 Å². The van der Waals surface area contributed by atoms with E-state index in [0.29, 0.717) is 0 Å². The van der Waals surface area contributed by atoms with Gasteiger partial charge in [-0.15, -0.1) is 0 Å². The molecule has 0 amide bonds. The Hall–Kier alpha value is -0.900. The number of rotatable bonds is 3. The second-order valence-corrected chi connectivity index (χ2v) is 4.32. The van der Waals surface area contributed by atoms with Gasteiger partial charge in [0, 0.05) is 12.6 Å². The molecule has 87 valence electrons. The molecular formula is C13H18NO2. The van der Waals surface area contributed by atoms with E-state index >= 15 is 0 Å². The molecule has 1 heterocycles. The molecule has 1 aromatic rings. The Labute approximate surface area is 96.1 Å². The van der Waals surface area contributed by atoms with E-state index < -0.39 is 6.29 Å². The zero-order chi connectivity index (χ0) is 11.4. The second-order valence-electron chi connectivity index (χ2n) is 4.32. The Morgan fingerprint density at radius 1 is 1.12 bits per heavy atom. The normalized spacial score (nSPS) is 23.3. The van der Waals surface area contributed by atoms with Gasteiger partial charge in [-0.3, -0.25) is 0 Å². The minimum Gasteiger partial charge on any atom is -0.368 e. The van der Waals surface area contributed by atoms with Gasteiger partial charge in [0.05, 0.1) is 5.92 Å². The van der Waals surface area contributed by atoms with Crippen LogP contribution in [0.5, 0.6) is 0 Å². The van der Waals surface area contributed by atoms with E-state index in [4.69, 9.17) is 0 Å². The van der Waals surface area contributed by atoms with E-state index in [1.54, 1.807) is 0 Å². The fraction of sp³-hybridized carbons (Fsp3) is 0.538. The van der Waals surface area contributed by atoms with Crippen LogP contribution in [0.25, 0.3) is 0 Å². The van der Waals surface area contributed by atoms with Gasteiger partial charge < -0.3 is 10.2 Å². The number of hydrogen-bond acceptors (Lipinski definition) is 2. The second kappa shape index (κ2) is 5.43. The lowest BCUT2D eigenvalue weighted by Gasteiger charge is -2.31. The van der Waals surface area contributed by atoms with Crippen LogP contribution in [0.4, 0.5) is 0 Å². The summed E-state index contributed by atoms with van der Waals surface area (Å²) >= 11 is 0. The molecule has 0 aliphatic carbocycles. The van der Waals surface area contributed by atoms with Crippen molar-refractivity contribution in [3.05, 3.63) is 35.9 Å². The van der Waals surface area contributed by atoms with E-state index in [2.05, 4.69) is 5.32 Å². The van der Waals surface area contributed by atoms with Gasteiger partial charge in [0.25, 0.3) is 0 Å². The summed E-state index contributed by atoms with van der Waals surface area (Å²) in [4.78, 5) is 0. The predicted molar refractivity (Wildman–Crippen MR) is 62.0 cm³/mol. The third-order valence-electron chi connectivity index (χ3n) is 3.19. The average molecular weight is 220 g/mol. The van der Waals surface area contributed by atoms with Crippen molar-refractivity contribution < 1.29 is 10.2 Å². The SMILES string of the molecule is OC(O)[C@H](c1ccccc1)[C@@H]1CCCC[N]1. The van der Waals surface area contributed by atoms with Gasteiger partial charge in [-0.2, -0.15) is 0 Å². The molecule has 0 bridgehead atoms. The summed E-state index contributed by atoms with van der Waals surface area (Å²) in [5, 5.41) is 23.5. The van der Waals surface area contributed by atoms with E-state index in [1.165, 1.54) is 0 Å². The molecule has 1 fully saturated rings. The van der Waals surface area contributed by atoms with E-state index in [9.17, 15) is 10.2 Å². The monoisotopic (exact) mass is 220 g/mol. The first-order valence-corrected chi connectivity index (χ1v) is 5.87. The van der Waals surface area contributed by atoms with Crippen LogP contribution in [0.15, 0.2) is 30.3 Å². The van der Waals surface area contributed by atoms with Gasteiger partial charge in [0.1, 0.15) is 0 Å². The van der Waals surface area contributed by atoms with Crippen molar-refractivity contribution in [1.29, 1.82) is 0 Å².